The summed E-state index contributed by atoms with van der Waals surface area (Å²) in [6, 6.07) is 0. The van der Waals surface area contributed by atoms with Gasteiger partial charge in [0.25, 0.3) is 0 Å². The van der Waals surface area contributed by atoms with Crippen LogP contribution in [0, 0.1) is 0 Å². The fraction of sp³-hybridized carbons (Fsp3) is 1.00. The van der Waals surface area contributed by atoms with E-state index in [0.29, 0.717) is 6.61 Å². The molecule has 1 saturated heterocycles. The third-order valence-corrected chi connectivity index (χ3v) is 2.62. The molecule has 0 bridgehead atoms. The van der Waals surface area contributed by atoms with Gasteiger partial charge in [-0.15, -0.1) is 0 Å². The lowest BCUT2D eigenvalue weighted by atomic mass is 10.2. The Kier molecular flexibility index (Phi) is 2.58. The molecule has 0 aromatic rings. The summed E-state index contributed by atoms with van der Waals surface area (Å²) in [6.07, 6.45) is 4.57. The van der Waals surface area contributed by atoms with E-state index >= 15 is 0 Å². The summed E-state index contributed by atoms with van der Waals surface area (Å²) in [5, 5.41) is 0. The zero-order valence-electron chi connectivity index (χ0n) is 8.41. The maximum absolute atomic E-state index is 5.78. The van der Waals surface area contributed by atoms with Crippen molar-refractivity contribution in [1.29, 1.82) is 0 Å². The largest absolute Gasteiger partial charge is 0.347 e. The Bertz CT molecular complexity index is 173. The molecular formula is C10H18O3. The molecule has 1 atom stereocenters. The average molecular weight is 186 g/mol. The van der Waals surface area contributed by atoms with Crippen molar-refractivity contribution in [2.45, 2.75) is 57.7 Å². The van der Waals surface area contributed by atoms with Gasteiger partial charge in [-0.05, 0) is 26.7 Å². The zero-order chi connectivity index (χ0) is 9.31. The molecule has 3 nitrogen and oxygen atoms in total. The SMILES string of the molecule is CC(C)OC1COC2(CCCC2)O1. The number of ether oxygens (including phenoxy) is 3. The second-order valence-electron chi connectivity index (χ2n) is 4.16. The van der Waals surface area contributed by atoms with E-state index in [1.807, 2.05) is 13.8 Å². The van der Waals surface area contributed by atoms with Crippen molar-refractivity contribution in [3.05, 3.63) is 0 Å². The predicted molar refractivity (Wildman–Crippen MR) is 48.2 cm³/mol. The van der Waals surface area contributed by atoms with Crippen LogP contribution in [-0.2, 0) is 14.2 Å². The van der Waals surface area contributed by atoms with E-state index in [-0.39, 0.29) is 18.2 Å². The molecular weight excluding hydrogens is 168 g/mol. The molecule has 2 aliphatic rings. The first-order chi connectivity index (χ1) is 6.20. The Morgan fingerprint density at radius 2 is 2.00 bits per heavy atom. The Morgan fingerprint density at radius 1 is 1.31 bits per heavy atom. The monoisotopic (exact) mass is 186 g/mol. The van der Waals surface area contributed by atoms with Crippen molar-refractivity contribution in [3.63, 3.8) is 0 Å². The minimum Gasteiger partial charge on any atom is -0.347 e. The molecule has 1 aliphatic carbocycles. The quantitative estimate of drug-likeness (QED) is 0.660. The van der Waals surface area contributed by atoms with Crippen LogP contribution < -0.4 is 0 Å². The molecule has 3 heteroatoms. The van der Waals surface area contributed by atoms with Gasteiger partial charge >= 0.3 is 0 Å². The highest BCUT2D eigenvalue weighted by Gasteiger charge is 2.44. The summed E-state index contributed by atoms with van der Waals surface area (Å²) in [7, 11) is 0. The lowest BCUT2D eigenvalue weighted by Crippen LogP contribution is -2.28. The summed E-state index contributed by atoms with van der Waals surface area (Å²) in [4.78, 5) is 0. The van der Waals surface area contributed by atoms with Crippen LogP contribution in [0.15, 0.2) is 0 Å². The smallest absolute Gasteiger partial charge is 0.184 e. The number of rotatable bonds is 2. The molecule has 2 fully saturated rings. The predicted octanol–water partition coefficient (Wildman–Crippen LogP) is 2.05. The van der Waals surface area contributed by atoms with E-state index in [2.05, 4.69) is 0 Å². The van der Waals surface area contributed by atoms with Gasteiger partial charge in [-0.25, -0.2) is 0 Å². The maximum atomic E-state index is 5.78. The first-order valence-corrected chi connectivity index (χ1v) is 5.17. The Hall–Kier alpha value is -0.120. The van der Waals surface area contributed by atoms with Gasteiger partial charge in [-0.3, -0.25) is 0 Å². The Labute approximate surface area is 79.4 Å². The molecule has 0 amide bonds. The second-order valence-corrected chi connectivity index (χ2v) is 4.16. The van der Waals surface area contributed by atoms with Gasteiger partial charge < -0.3 is 14.2 Å². The molecule has 1 aliphatic heterocycles. The van der Waals surface area contributed by atoms with Crippen molar-refractivity contribution in [3.8, 4) is 0 Å². The maximum Gasteiger partial charge on any atom is 0.184 e. The highest BCUT2D eigenvalue weighted by atomic mass is 16.8. The summed E-state index contributed by atoms with van der Waals surface area (Å²) in [5.74, 6) is -0.278. The van der Waals surface area contributed by atoms with E-state index in [4.69, 9.17) is 14.2 Å². The van der Waals surface area contributed by atoms with E-state index in [1.54, 1.807) is 0 Å². The fourth-order valence-electron chi connectivity index (χ4n) is 2.07. The van der Waals surface area contributed by atoms with Crippen LogP contribution in [0.1, 0.15) is 39.5 Å². The molecule has 1 heterocycles. The van der Waals surface area contributed by atoms with Crippen LogP contribution in [0.25, 0.3) is 0 Å². The third-order valence-electron chi connectivity index (χ3n) is 2.62. The van der Waals surface area contributed by atoms with Crippen molar-refractivity contribution >= 4 is 0 Å². The number of hydrogen-bond donors (Lipinski definition) is 0. The average Bonchev–Trinajstić information content (AvgIpc) is 2.63. The van der Waals surface area contributed by atoms with Crippen LogP contribution in [0.2, 0.25) is 0 Å². The minimum absolute atomic E-state index is 0.141. The highest BCUT2D eigenvalue weighted by Crippen LogP contribution is 2.39. The van der Waals surface area contributed by atoms with E-state index in [9.17, 15) is 0 Å². The van der Waals surface area contributed by atoms with Gasteiger partial charge in [0.2, 0.25) is 0 Å². The molecule has 0 N–H and O–H groups in total. The van der Waals surface area contributed by atoms with Crippen molar-refractivity contribution in [1.82, 2.24) is 0 Å². The third kappa shape index (κ3) is 2.03. The van der Waals surface area contributed by atoms with Crippen LogP contribution in [0.3, 0.4) is 0 Å². The molecule has 1 spiro atoms. The molecule has 1 unspecified atom stereocenters. The summed E-state index contributed by atoms with van der Waals surface area (Å²) >= 11 is 0. The Balaban J connectivity index is 1.86. The summed E-state index contributed by atoms with van der Waals surface area (Å²) in [6.45, 7) is 4.63. The molecule has 1 saturated carbocycles. The Morgan fingerprint density at radius 3 is 2.62 bits per heavy atom. The normalized spacial score (nSPS) is 32.1. The van der Waals surface area contributed by atoms with Gasteiger partial charge in [0.05, 0.1) is 6.10 Å². The summed E-state index contributed by atoms with van der Waals surface area (Å²) in [5.41, 5.74) is 0. The standard InChI is InChI=1S/C10H18O3/c1-8(2)12-9-7-11-10(13-9)5-3-4-6-10/h8-9H,3-7H2,1-2H3. The molecule has 13 heavy (non-hydrogen) atoms. The molecule has 0 aromatic heterocycles. The molecule has 2 rings (SSSR count). The fourth-order valence-corrected chi connectivity index (χ4v) is 2.07. The second kappa shape index (κ2) is 3.56. The van der Waals surface area contributed by atoms with Crippen molar-refractivity contribution in [2.75, 3.05) is 6.61 Å². The molecule has 0 aromatic carbocycles. The highest BCUT2D eigenvalue weighted by molar-refractivity contribution is 4.81. The lowest BCUT2D eigenvalue weighted by molar-refractivity contribution is -0.214. The topological polar surface area (TPSA) is 27.7 Å². The van der Waals surface area contributed by atoms with Crippen LogP contribution >= 0.6 is 0 Å². The van der Waals surface area contributed by atoms with Crippen molar-refractivity contribution < 1.29 is 14.2 Å². The first-order valence-electron chi connectivity index (χ1n) is 5.17. The van der Waals surface area contributed by atoms with Crippen LogP contribution in [0.4, 0.5) is 0 Å². The van der Waals surface area contributed by atoms with Crippen molar-refractivity contribution in [2.24, 2.45) is 0 Å². The van der Waals surface area contributed by atoms with E-state index < -0.39 is 0 Å². The van der Waals surface area contributed by atoms with Gasteiger partial charge in [-0.2, -0.15) is 0 Å². The molecule has 0 radical (unpaired) electrons. The summed E-state index contributed by atoms with van der Waals surface area (Å²) < 4.78 is 17.0. The molecule has 76 valence electrons. The van der Waals surface area contributed by atoms with Crippen LogP contribution in [-0.4, -0.2) is 24.8 Å². The van der Waals surface area contributed by atoms with E-state index in [0.717, 1.165) is 12.8 Å². The zero-order valence-corrected chi connectivity index (χ0v) is 8.41. The van der Waals surface area contributed by atoms with Gasteiger partial charge in [-0.1, -0.05) is 0 Å². The first kappa shape index (κ1) is 9.44. The lowest BCUT2D eigenvalue weighted by Gasteiger charge is -2.22. The van der Waals surface area contributed by atoms with Gasteiger partial charge in [0, 0.05) is 12.8 Å². The number of hydrogen-bond acceptors (Lipinski definition) is 3. The van der Waals surface area contributed by atoms with Gasteiger partial charge in [0.1, 0.15) is 6.61 Å². The van der Waals surface area contributed by atoms with Gasteiger partial charge in [0.15, 0.2) is 12.1 Å². The van der Waals surface area contributed by atoms with Crippen LogP contribution in [0.5, 0.6) is 0 Å². The minimum atomic E-state index is -0.278. The van der Waals surface area contributed by atoms with E-state index in [1.165, 1.54) is 12.8 Å².